The zero-order valence-electron chi connectivity index (χ0n) is 31.5. The molecule has 0 bridgehead atoms. The van der Waals surface area contributed by atoms with E-state index in [0.29, 0.717) is 45.0 Å². The number of anilines is 1. The lowest BCUT2D eigenvalue weighted by Crippen LogP contribution is -2.14. The van der Waals surface area contributed by atoms with Crippen LogP contribution in [0.4, 0.5) is 46.5 Å². The first kappa shape index (κ1) is 44.2. The van der Waals surface area contributed by atoms with Crippen molar-refractivity contribution < 1.29 is 44.6 Å². The van der Waals surface area contributed by atoms with Gasteiger partial charge in [0.25, 0.3) is 0 Å². The highest BCUT2D eigenvalue weighted by Crippen LogP contribution is 2.42. The van der Waals surface area contributed by atoms with E-state index in [1.165, 1.54) is 60.7 Å². The Bertz CT molecular complexity index is 2460. The van der Waals surface area contributed by atoms with E-state index in [1.54, 1.807) is 32.3 Å². The summed E-state index contributed by atoms with van der Waals surface area (Å²) in [4.78, 5) is 14.9. The highest BCUT2D eigenvalue weighted by molar-refractivity contribution is 6.31. The fourth-order valence-corrected chi connectivity index (χ4v) is 5.62. The maximum absolute atomic E-state index is 13.4. The minimum absolute atomic E-state index is 0.0451. The van der Waals surface area contributed by atoms with Gasteiger partial charge in [-0.2, -0.15) is 26.3 Å². The van der Waals surface area contributed by atoms with Gasteiger partial charge in [0.1, 0.15) is 23.1 Å². The van der Waals surface area contributed by atoms with Gasteiger partial charge < -0.3 is 20.1 Å². The molecule has 17 heteroatoms. The standard InChI is InChI=1S/C23H20ClF4N3O.C19H13ClF4N2O/c1-4-31(3)13-29-21-12-18(15-5-7-16(25)8-6-15)22(30-14(21)2)32-17-9-10-20(24)19(11-17)23(26,27)28;1-10-17(25)9-14(11-2-4-12(21)5-3-11)18(26-10)27-13-6-7-16(20)15(8-13)19(22,23)24/h5-13H,4H2,1-3H3;2-9H,25H2,1H3. The minimum Gasteiger partial charge on any atom is -0.438 e. The van der Waals surface area contributed by atoms with Crippen molar-refractivity contribution in [1.82, 2.24) is 14.9 Å². The molecule has 0 aliphatic rings. The molecule has 59 heavy (non-hydrogen) atoms. The second-order valence-electron chi connectivity index (χ2n) is 12.8. The number of aryl methyl sites for hydroxylation is 2. The number of nitrogens with zero attached hydrogens (tertiary/aromatic N) is 4. The third-order valence-corrected chi connectivity index (χ3v) is 9.15. The van der Waals surface area contributed by atoms with Gasteiger partial charge in [0, 0.05) is 24.7 Å². The summed E-state index contributed by atoms with van der Waals surface area (Å²) >= 11 is 11.3. The Hall–Kier alpha value is -5.93. The number of nitrogen functional groups attached to an aromatic ring is 1. The zero-order valence-corrected chi connectivity index (χ0v) is 33.0. The molecule has 2 aromatic heterocycles. The molecule has 0 aliphatic heterocycles. The number of hydrogen-bond acceptors (Lipinski definition) is 6. The van der Waals surface area contributed by atoms with Crippen LogP contribution in [0.1, 0.15) is 29.4 Å². The molecule has 0 spiro atoms. The number of aliphatic imine (C=N–C) groups is 1. The molecule has 6 aromatic rings. The third-order valence-electron chi connectivity index (χ3n) is 8.49. The van der Waals surface area contributed by atoms with Crippen LogP contribution in [-0.2, 0) is 12.4 Å². The van der Waals surface area contributed by atoms with E-state index in [2.05, 4.69) is 15.0 Å². The first-order valence-electron chi connectivity index (χ1n) is 17.4. The molecule has 0 radical (unpaired) electrons. The largest absolute Gasteiger partial charge is 0.438 e. The van der Waals surface area contributed by atoms with Crippen LogP contribution in [0.15, 0.2) is 102 Å². The molecule has 0 atom stereocenters. The van der Waals surface area contributed by atoms with Crippen molar-refractivity contribution in [3.05, 3.63) is 141 Å². The zero-order chi connectivity index (χ0) is 43.2. The van der Waals surface area contributed by atoms with Crippen LogP contribution in [0.5, 0.6) is 23.3 Å². The number of ether oxygens (including phenoxy) is 2. The van der Waals surface area contributed by atoms with Gasteiger partial charge in [-0.3, -0.25) is 0 Å². The molecule has 0 unspecified atom stereocenters. The van der Waals surface area contributed by atoms with Crippen molar-refractivity contribution in [3.63, 3.8) is 0 Å². The number of aromatic nitrogens is 2. The van der Waals surface area contributed by atoms with E-state index in [9.17, 15) is 35.1 Å². The number of nitrogens with two attached hydrogens (primary N) is 1. The predicted molar refractivity (Wildman–Crippen MR) is 213 cm³/mol. The van der Waals surface area contributed by atoms with E-state index in [-0.39, 0.29) is 23.3 Å². The molecule has 0 fully saturated rings. The first-order chi connectivity index (χ1) is 27.7. The van der Waals surface area contributed by atoms with Crippen LogP contribution >= 0.6 is 23.2 Å². The van der Waals surface area contributed by atoms with Gasteiger partial charge in [-0.1, -0.05) is 47.5 Å². The van der Waals surface area contributed by atoms with E-state index in [0.717, 1.165) is 30.8 Å². The number of halogens is 10. The highest BCUT2D eigenvalue weighted by Gasteiger charge is 2.35. The van der Waals surface area contributed by atoms with Crippen LogP contribution in [0.2, 0.25) is 10.0 Å². The van der Waals surface area contributed by atoms with E-state index in [1.807, 2.05) is 18.9 Å². The van der Waals surface area contributed by atoms with Crippen LogP contribution < -0.4 is 15.2 Å². The molecule has 0 amide bonds. The summed E-state index contributed by atoms with van der Waals surface area (Å²) in [5.41, 5.74) is 7.72. The summed E-state index contributed by atoms with van der Waals surface area (Å²) in [6, 6.07) is 20.8. The van der Waals surface area contributed by atoms with Gasteiger partial charge in [-0.25, -0.2) is 23.7 Å². The number of pyridine rings is 2. The summed E-state index contributed by atoms with van der Waals surface area (Å²) in [6.07, 6.45) is -7.61. The fourth-order valence-electron chi connectivity index (χ4n) is 5.17. The molecule has 0 saturated heterocycles. The number of alkyl halides is 6. The average molecular weight is 863 g/mol. The summed E-state index contributed by atoms with van der Waals surface area (Å²) in [5.74, 6) is -0.921. The molecule has 2 N–H and O–H groups in total. The summed E-state index contributed by atoms with van der Waals surface area (Å²) in [7, 11) is 1.86. The SMILES string of the molecule is CCN(C)C=Nc1cc(-c2ccc(F)cc2)c(Oc2ccc(Cl)c(C(F)(F)F)c2)nc1C.Cc1nc(Oc2ccc(Cl)c(C(F)(F)F)c2)c(-c2ccc(F)cc2)cc1N. The third kappa shape index (κ3) is 11.4. The monoisotopic (exact) mass is 861 g/mol. The van der Waals surface area contributed by atoms with Crippen molar-refractivity contribution >= 4 is 40.9 Å². The molecule has 4 aromatic carbocycles. The Kier molecular flexibility index (Phi) is 13.7. The second kappa shape index (κ2) is 18.3. The summed E-state index contributed by atoms with van der Waals surface area (Å²) in [5, 5.41) is -0.868. The van der Waals surface area contributed by atoms with Gasteiger partial charge in [-0.15, -0.1) is 0 Å². The molecular formula is C42H33Cl2F8N5O2. The summed E-state index contributed by atoms with van der Waals surface area (Å²) in [6.45, 7) is 6.07. The van der Waals surface area contributed by atoms with Gasteiger partial charge in [-0.05, 0) is 105 Å². The van der Waals surface area contributed by atoms with Crippen LogP contribution in [0, 0.1) is 25.5 Å². The van der Waals surface area contributed by atoms with Crippen molar-refractivity contribution in [2.24, 2.45) is 4.99 Å². The predicted octanol–water partition coefficient (Wildman–Crippen LogP) is 13.5. The van der Waals surface area contributed by atoms with Gasteiger partial charge in [0.05, 0.1) is 50.3 Å². The number of rotatable bonds is 9. The Morgan fingerprint density at radius 1 is 0.661 bits per heavy atom. The Balaban J connectivity index is 0.000000227. The van der Waals surface area contributed by atoms with Crippen molar-refractivity contribution in [2.45, 2.75) is 33.1 Å². The average Bonchev–Trinajstić information content (AvgIpc) is 3.17. The lowest BCUT2D eigenvalue weighted by Gasteiger charge is -2.15. The quantitative estimate of drug-likeness (QED) is 0.0885. The molecular weight excluding hydrogens is 829 g/mol. The maximum atomic E-state index is 13.4. The van der Waals surface area contributed by atoms with Crippen molar-refractivity contribution in [1.29, 1.82) is 0 Å². The Morgan fingerprint density at radius 3 is 1.51 bits per heavy atom. The lowest BCUT2D eigenvalue weighted by atomic mass is 10.1. The highest BCUT2D eigenvalue weighted by atomic mass is 35.5. The normalized spacial score (nSPS) is 11.6. The lowest BCUT2D eigenvalue weighted by molar-refractivity contribution is -0.138. The van der Waals surface area contributed by atoms with Gasteiger partial charge in [0.15, 0.2) is 0 Å². The van der Waals surface area contributed by atoms with Crippen LogP contribution in [0.3, 0.4) is 0 Å². The number of benzene rings is 4. The molecule has 7 nitrogen and oxygen atoms in total. The number of hydrogen-bond donors (Lipinski definition) is 1. The Morgan fingerprint density at radius 2 is 1.08 bits per heavy atom. The van der Waals surface area contributed by atoms with Crippen LogP contribution in [-0.4, -0.2) is 34.8 Å². The van der Waals surface area contributed by atoms with Gasteiger partial charge >= 0.3 is 12.4 Å². The molecule has 0 aliphatic carbocycles. The topological polar surface area (TPSA) is 85.9 Å². The van der Waals surface area contributed by atoms with Crippen molar-refractivity contribution in [2.75, 3.05) is 19.3 Å². The van der Waals surface area contributed by atoms with E-state index >= 15 is 0 Å². The second-order valence-corrected chi connectivity index (χ2v) is 13.6. The van der Waals surface area contributed by atoms with E-state index < -0.39 is 45.2 Å². The molecule has 6 rings (SSSR count). The molecule has 308 valence electrons. The smallest absolute Gasteiger partial charge is 0.417 e. The van der Waals surface area contributed by atoms with E-state index in [4.69, 9.17) is 38.4 Å². The minimum atomic E-state index is -4.64. The molecule has 2 heterocycles. The van der Waals surface area contributed by atoms with Crippen molar-refractivity contribution in [3.8, 4) is 45.5 Å². The van der Waals surface area contributed by atoms with Crippen LogP contribution in [0.25, 0.3) is 22.3 Å². The molecule has 0 saturated carbocycles. The Labute approximate surface area is 343 Å². The maximum Gasteiger partial charge on any atom is 0.417 e. The first-order valence-corrected chi connectivity index (χ1v) is 18.1. The van der Waals surface area contributed by atoms with Gasteiger partial charge in [0.2, 0.25) is 11.8 Å². The summed E-state index contributed by atoms with van der Waals surface area (Å²) < 4.78 is 117. The fraction of sp³-hybridized carbons (Fsp3) is 0.167.